The van der Waals surface area contributed by atoms with Crippen LogP contribution in [0.5, 0.6) is 0 Å². The van der Waals surface area contributed by atoms with Gasteiger partial charge < -0.3 is 14.2 Å². The van der Waals surface area contributed by atoms with Gasteiger partial charge in [-0.2, -0.15) is 0 Å². The topological polar surface area (TPSA) is 78.9 Å². The van der Waals surface area contributed by atoms with E-state index in [4.69, 9.17) is 4.74 Å². The highest BCUT2D eigenvalue weighted by molar-refractivity contribution is 5.93. The van der Waals surface area contributed by atoms with Crippen LogP contribution in [-0.4, -0.2) is 31.1 Å². The highest BCUT2D eigenvalue weighted by atomic mass is 16.5. The molecule has 0 atom stereocenters. The molecule has 4 rings (SSSR count). The van der Waals surface area contributed by atoms with E-state index in [0.717, 1.165) is 12.0 Å². The molecule has 1 saturated heterocycles. The Labute approximate surface area is 127 Å². The summed E-state index contributed by atoms with van der Waals surface area (Å²) in [5, 5.41) is 0. The van der Waals surface area contributed by atoms with Gasteiger partial charge in [0.25, 0.3) is 0 Å². The van der Waals surface area contributed by atoms with E-state index in [9.17, 15) is 14.4 Å². The van der Waals surface area contributed by atoms with Gasteiger partial charge in [0.15, 0.2) is 0 Å². The van der Waals surface area contributed by atoms with Crippen molar-refractivity contribution >= 4 is 17.9 Å². The second-order valence-corrected chi connectivity index (χ2v) is 4.59. The number of benzene rings is 1. The largest absolute Gasteiger partial charge is 0.466 e. The van der Waals surface area contributed by atoms with Crippen molar-refractivity contribution in [2.45, 2.75) is 19.4 Å². The minimum absolute atomic E-state index is 0.0463. The summed E-state index contributed by atoms with van der Waals surface area (Å²) in [6.45, 7) is 1.53. The van der Waals surface area contributed by atoms with Crippen molar-refractivity contribution in [2.75, 3.05) is 13.2 Å². The molecule has 22 heavy (non-hydrogen) atoms. The van der Waals surface area contributed by atoms with Crippen LogP contribution in [0.4, 0.5) is 0 Å². The number of hydrogen-bond donors (Lipinski definition) is 0. The monoisotopic (exact) mass is 304 g/mol. The number of ether oxygens (including phenoxy) is 3. The Morgan fingerprint density at radius 2 is 1.77 bits per heavy atom. The molecule has 0 aliphatic carbocycles. The number of carbonyl (C=O) groups excluding carboxylic acids is 3. The Morgan fingerprint density at radius 1 is 0.955 bits per heavy atom. The van der Waals surface area contributed by atoms with Crippen molar-refractivity contribution in [3.63, 3.8) is 0 Å². The molecule has 0 spiro atoms. The Balaban J connectivity index is 0.000000128. The fourth-order valence-corrected chi connectivity index (χ4v) is 1.86. The zero-order valence-electron chi connectivity index (χ0n) is 11.9. The van der Waals surface area contributed by atoms with E-state index >= 15 is 0 Å². The molecule has 0 radical (unpaired) electrons. The fraction of sp³-hybridized carbons (Fsp3) is 0.312. The van der Waals surface area contributed by atoms with Gasteiger partial charge in [0.2, 0.25) is 0 Å². The molecule has 3 heterocycles. The average molecular weight is 304 g/mol. The van der Waals surface area contributed by atoms with Crippen molar-refractivity contribution in [2.24, 2.45) is 0 Å². The lowest BCUT2D eigenvalue weighted by Gasteiger charge is -1.87. The van der Waals surface area contributed by atoms with Gasteiger partial charge in [0.05, 0.1) is 12.2 Å². The number of carbonyl (C=O) groups is 3. The molecule has 0 aromatic heterocycles. The number of cyclic esters (lactones) is 3. The standard InChI is InChI=1S/C8H6O2.C4H6O2.C4H4O2/c9-8-7-4-2-1-3-6(7)5-10-8;2*5-4-2-1-3-6-4/h1-4H,5H2;1-3H2;1-2H,3H2. The van der Waals surface area contributed by atoms with Crippen LogP contribution in [0.15, 0.2) is 36.4 Å². The van der Waals surface area contributed by atoms with E-state index < -0.39 is 0 Å². The summed E-state index contributed by atoms with van der Waals surface area (Å²) >= 11 is 0. The lowest BCUT2D eigenvalue weighted by atomic mass is 10.1. The Kier molecular flexibility index (Phi) is 5.71. The molecule has 6 heteroatoms. The third-order valence-electron chi connectivity index (χ3n) is 2.96. The summed E-state index contributed by atoms with van der Waals surface area (Å²) in [5.74, 6) is -0.472. The first-order chi connectivity index (χ1) is 10.7. The molecule has 3 aliphatic rings. The van der Waals surface area contributed by atoms with Crippen molar-refractivity contribution < 1.29 is 28.6 Å². The van der Waals surface area contributed by atoms with Gasteiger partial charge >= 0.3 is 17.9 Å². The molecule has 0 N–H and O–H groups in total. The first kappa shape index (κ1) is 15.8. The van der Waals surface area contributed by atoms with E-state index in [1.54, 1.807) is 12.1 Å². The van der Waals surface area contributed by atoms with Crippen LogP contribution in [0.3, 0.4) is 0 Å². The van der Waals surface area contributed by atoms with Crippen molar-refractivity contribution in [3.05, 3.63) is 47.5 Å². The SMILES string of the molecule is O=C1C=CCO1.O=C1CCCO1.O=C1OCc2ccccc21. The summed E-state index contributed by atoms with van der Waals surface area (Å²) in [5.41, 5.74) is 1.70. The Hall–Kier alpha value is -2.63. The van der Waals surface area contributed by atoms with Crippen molar-refractivity contribution in [3.8, 4) is 0 Å². The second-order valence-electron chi connectivity index (χ2n) is 4.59. The van der Waals surface area contributed by atoms with Crippen molar-refractivity contribution in [1.82, 2.24) is 0 Å². The van der Waals surface area contributed by atoms with Gasteiger partial charge in [-0.1, -0.05) is 18.2 Å². The van der Waals surface area contributed by atoms with E-state index in [1.807, 2.05) is 18.2 Å². The zero-order chi connectivity index (χ0) is 15.8. The molecule has 0 amide bonds. The minimum Gasteiger partial charge on any atom is -0.466 e. The number of hydrogen-bond acceptors (Lipinski definition) is 6. The van der Waals surface area contributed by atoms with Gasteiger partial charge in [-0.05, 0) is 18.6 Å². The van der Waals surface area contributed by atoms with E-state index in [0.29, 0.717) is 31.8 Å². The molecule has 0 bridgehead atoms. The summed E-state index contributed by atoms with van der Waals surface area (Å²) in [6, 6.07) is 7.43. The number of fused-ring (bicyclic) bond motifs is 1. The highest BCUT2D eigenvalue weighted by Gasteiger charge is 2.18. The van der Waals surface area contributed by atoms with Crippen LogP contribution < -0.4 is 0 Å². The van der Waals surface area contributed by atoms with E-state index in [-0.39, 0.29) is 17.9 Å². The highest BCUT2D eigenvalue weighted by Crippen LogP contribution is 2.18. The number of rotatable bonds is 0. The Bertz CT molecular complexity index is 582. The van der Waals surface area contributed by atoms with E-state index in [2.05, 4.69) is 9.47 Å². The number of esters is 3. The lowest BCUT2D eigenvalue weighted by Crippen LogP contribution is -1.91. The minimum atomic E-state index is -0.227. The van der Waals surface area contributed by atoms with E-state index in [1.165, 1.54) is 6.08 Å². The summed E-state index contributed by atoms with van der Waals surface area (Å²) < 4.78 is 13.7. The van der Waals surface area contributed by atoms with Gasteiger partial charge in [0.1, 0.15) is 13.2 Å². The summed E-state index contributed by atoms with van der Waals surface area (Å²) in [7, 11) is 0. The molecule has 1 aromatic rings. The van der Waals surface area contributed by atoms with Gasteiger partial charge in [-0.25, -0.2) is 9.59 Å². The predicted octanol–water partition coefficient (Wildman–Crippen LogP) is 1.78. The van der Waals surface area contributed by atoms with Crippen LogP contribution in [-0.2, 0) is 30.4 Å². The maximum Gasteiger partial charge on any atom is 0.338 e. The van der Waals surface area contributed by atoms with Crippen LogP contribution >= 0.6 is 0 Å². The second kappa shape index (κ2) is 7.97. The first-order valence-electron chi connectivity index (χ1n) is 6.91. The quantitative estimate of drug-likeness (QED) is 0.537. The van der Waals surface area contributed by atoms with Crippen molar-refractivity contribution in [1.29, 1.82) is 0 Å². The molecule has 1 aromatic carbocycles. The molecule has 6 nitrogen and oxygen atoms in total. The maximum atomic E-state index is 10.8. The average Bonchev–Trinajstić information content (AvgIpc) is 3.26. The van der Waals surface area contributed by atoms with Crippen LogP contribution in [0.25, 0.3) is 0 Å². The molecule has 3 aliphatic heterocycles. The molecule has 116 valence electrons. The van der Waals surface area contributed by atoms with Crippen LogP contribution in [0.2, 0.25) is 0 Å². The van der Waals surface area contributed by atoms with Crippen LogP contribution in [0, 0.1) is 0 Å². The Morgan fingerprint density at radius 3 is 2.23 bits per heavy atom. The zero-order valence-corrected chi connectivity index (χ0v) is 11.9. The van der Waals surface area contributed by atoms with Gasteiger partial charge in [-0.15, -0.1) is 0 Å². The molecular formula is C16H16O6. The van der Waals surface area contributed by atoms with Gasteiger partial charge in [-0.3, -0.25) is 4.79 Å². The molecule has 0 saturated carbocycles. The smallest absolute Gasteiger partial charge is 0.338 e. The summed E-state index contributed by atoms with van der Waals surface area (Å²) in [6.07, 6.45) is 4.64. The third kappa shape index (κ3) is 4.73. The fourth-order valence-electron chi connectivity index (χ4n) is 1.86. The third-order valence-corrected chi connectivity index (χ3v) is 2.96. The summed E-state index contributed by atoms with van der Waals surface area (Å²) in [4.78, 5) is 30.8. The maximum absolute atomic E-state index is 10.8. The van der Waals surface area contributed by atoms with Gasteiger partial charge in [0, 0.05) is 18.1 Å². The normalized spacial score (nSPS) is 17.4. The molecule has 0 unspecified atom stereocenters. The van der Waals surface area contributed by atoms with Crippen LogP contribution in [0.1, 0.15) is 28.8 Å². The lowest BCUT2D eigenvalue weighted by molar-refractivity contribution is -0.138. The predicted molar refractivity (Wildman–Crippen MR) is 75.9 cm³/mol. The first-order valence-corrected chi connectivity index (χ1v) is 6.91. The molecule has 1 fully saturated rings. The molecular weight excluding hydrogens is 288 g/mol.